The Kier molecular flexibility index (Phi) is 4.96. The quantitative estimate of drug-likeness (QED) is 0.487. The Balaban J connectivity index is 1.73. The van der Waals surface area contributed by atoms with Gasteiger partial charge in [-0.15, -0.1) is 0 Å². The van der Waals surface area contributed by atoms with Crippen molar-refractivity contribution in [3.8, 4) is 11.3 Å². The van der Waals surface area contributed by atoms with E-state index in [-0.39, 0.29) is 11.5 Å². The maximum Gasteiger partial charge on any atom is 0.300 e. The molecular formula is C23H22FN5O. The number of hydrogen-bond acceptors (Lipinski definition) is 5. The Morgan fingerprint density at radius 3 is 2.47 bits per heavy atom. The van der Waals surface area contributed by atoms with E-state index in [1.165, 1.54) is 25.0 Å². The second kappa shape index (κ2) is 7.91. The third-order valence-corrected chi connectivity index (χ3v) is 5.62. The van der Waals surface area contributed by atoms with Crippen LogP contribution in [0.3, 0.4) is 0 Å². The van der Waals surface area contributed by atoms with Gasteiger partial charge in [0.15, 0.2) is 11.3 Å². The number of fused-ring (bicyclic) bond motifs is 3. The van der Waals surface area contributed by atoms with Gasteiger partial charge in [0.2, 0.25) is 0 Å². The number of benzene rings is 2. The van der Waals surface area contributed by atoms with Crippen LogP contribution in [0.4, 0.5) is 4.39 Å². The van der Waals surface area contributed by atoms with Crippen molar-refractivity contribution in [3.63, 3.8) is 0 Å². The zero-order valence-electron chi connectivity index (χ0n) is 16.6. The van der Waals surface area contributed by atoms with Crippen LogP contribution in [-0.4, -0.2) is 37.6 Å². The number of nitrogens with zero attached hydrogens (tertiary/aromatic N) is 5. The van der Waals surface area contributed by atoms with Gasteiger partial charge in [0.05, 0.1) is 12.1 Å². The zero-order chi connectivity index (χ0) is 20.5. The lowest BCUT2D eigenvalue weighted by atomic mass is 10.1. The van der Waals surface area contributed by atoms with Gasteiger partial charge in [-0.2, -0.15) is 14.6 Å². The number of hydrogen-bond donors (Lipinski definition) is 0. The Hall–Kier alpha value is -3.19. The van der Waals surface area contributed by atoms with Crippen LogP contribution in [-0.2, 0) is 6.54 Å². The summed E-state index contributed by atoms with van der Waals surface area (Å²) in [5, 5.41) is 5.28. The topological polar surface area (TPSA) is 63.4 Å². The molecule has 1 aliphatic rings. The maximum atomic E-state index is 13.9. The van der Waals surface area contributed by atoms with E-state index in [0.717, 1.165) is 25.9 Å². The third kappa shape index (κ3) is 3.57. The molecule has 30 heavy (non-hydrogen) atoms. The highest BCUT2D eigenvalue weighted by atomic mass is 19.1. The molecule has 0 atom stereocenters. The Morgan fingerprint density at radius 2 is 1.70 bits per heavy atom. The van der Waals surface area contributed by atoms with Gasteiger partial charge in [-0.25, -0.2) is 9.37 Å². The van der Waals surface area contributed by atoms with Crippen LogP contribution in [0.5, 0.6) is 0 Å². The molecule has 0 aliphatic carbocycles. The van der Waals surface area contributed by atoms with Crippen LogP contribution in [0.25, 0.3) is 27.8 Å². The third-order valence-electron chi connectivity index (χ3n) is 5.62. The molecule has 3 heterocycles. The Bertz CT molecular complexity index is 1260. The molecule has 2 aromatic heterocycles. The molecule has 5 rings (SSSR count). The summed E-state index contributed by atoms with van der Waals surface area (Å²) < 4.78 is 15.6. The van der Waals surface area contributed by atoms with Gasteiger partial charge in [-0.1, -0.05) is 43.2 Å². The first kappa shape index (κ1) is 18.8. The first-order valence-electron chi connectivity index (χ1n) is 10.4. The van der Waals surface area contributed by atoms with Crippen molar-refractivity contribution in [3.05, 3.63) is 70.5 Å². The fraction of sp³-hybridized carbons (Fsp3) is 0.304. The van der Waals surface area contributed by atoms with Crippen LogP contribution >= 0.6 is 0 Å². The van der Waals surface area contributed by atoms with Gasteiger partial charge >= 0.3 is 0 Å². The van der Waals surface area contributed by atoms with E-state index in [1.54, 1.807) is 10.6 Å². The predicted octanol–water partition coefficient (Wildman–Crippen LogP) is 3.82. The molecule has 0 bridgehead atoms. The molecule has 0 saturated carbocycles. The molecule has 0 N–H and O–H groups in total. The standard InChI is InChI=1S/C23H22FN5O/c24-17-10-11-18-19(14-17)25-20(15-28-12-6-1-2-7-13-28)29-22(18)26-23(30)21(27-29)16-8-4-3-5-9-16/h3-5,8-11,14H,1-2,6-7,12-13,15H2. The molecule has 1 fully saturated rings. The van der Waals surface area contributed by atoms with Gasteiger partial charge in [-0.3, -0.25) is 9.69 Å². The molecule has 7 heteroatoms. The minimum atomic E-state index is -0.404. The normalized spacial score (nSPS) is 15.5. The highest BCUT2D eigenvalue weighted by Crippen LogP contribution is 2.21. The summed E-state index contributed by atoms with van der Waals surface area (Å²) in [5.74, 6) is 0.297. The van der Waals surface area contributed by atoms with Gasteiger partial charge in [0, 0.05) is 17.0 Å². The van der Waals surface area contributed by atoms with Gasteiger partial charge in [0.1, 0.15) is 11.6 Å². The van der Waals surface area contributed by atoms with Crippen molar-refractivity contribution >= 4 is 16.6 Å². The van der Waals surface area contributed by atoms with Gasteiger partial charge in [-0.05, 0) is 38.1 Å². The van der Waals surface area contributed by atoms with Crippen LogP contribution < -0.4 is 5.56 Å². The highest BCUT2D eigenvalue weighted by Gasteiger charge is 2.18. The molecule has 0 amide bonds. The Morgan fingerprint density at radius 1 is 0.933 bits per heavy atom. The number of halogens is 1. The summed E-state index contributed by atoms with van der Waals surface area (Å²) in [4.78, 5) is 24.2. The van der Waals surface area contributed by atoms with Crippen LogP contribution in [0.1, 0.15) is 31.5 Å². The second-order valence-electron chi connectivity index (χ2n) is 7.75. The van der Waals surface area contributed by atoms with E-state index in [9.17, 15) is 9.18 Å². The molecule has 4 aromatic rings. The smallest absolute Gasteiger partial charge is 0.296 e. The highest BCUT2D eigenvalue weighted by molar-refractivity contribution is 5.91. The molecule has 2 aromatic carbocycles. The average molecular weight is 403 g/mol. The van der Waals surface area contributed by atoms with E-state index < -0.39 is 5.56 Å². The molecule has 6 nitrogen and oxygen atoms in total. The maximum absolute atomic E-state index is 13.9. The minimum absolute atomic E-state index is 0.286. The van der Waals surface area contributed by atoms with E-state index in [2.05, 4.69) is 15.0 Å². The summed E-state index contributed by atoms with van der Waals surface area (Å²) >= 11 is 0. The Labute approximate surface area is 173 Å². The van der Waals surface area contributed by atoms with Crippen molar-refractivity contribution in [1.82, 2.24) is 24.5 Å². The van der Waals surface area contributed by atoms with Crippen molar-refractivity contribution in [1.29, 1.82) is 0 Å². The van der Waals surface area contributed by atoms with Crippen molar-refractivity contribution in [2.45, 2.75) is 32.2 Å². The average Bonchev–Trinajstić information content (AvgIpc) is 3.02. The molecule has 1 aliphatic heterocycles. The molecule has 0 radical (unpaired) electrons. The summed E-state index contributed by atoms with van der Waals surface area (Å²) in [7, 11) is 0. The first-order chi connectivity index (χ1) is 14.7. The first-order valence-corrected chi connectivity index (χ1v) is 10.4. The van der Waals surface area contributed by atoms with Crippen molar-refractivity contribution < 1.29 is 4.39 Å². The zero-order valence-corrected chi connectivity index (χ0v) is 16.6. The molecular weight excluding hydrogens is 381 g/mol. The van der Waals surface area contributed by atoms with Crippen molar-refractivity contribution in [2.75, 3.05) is 13.1 Å². The fourth-order valence-electron chi connectivity index (χ4n) is 4.09. The lowest BCUT2D eigenvalue weighted by Gasteiger charge is -2.20. The summed E-state index contributed by atoms with van der Waals surface area (Å²) in [6.45, 7) is 2.56. The van der Waals surface area contributed by atoms with Crippen LogP contribution in [0, 0.1) is 5.82 Å². The van der Waals surface area contributed by atoms with E-state index in [0.29, 0.717) is 34.5 Å². The molecule has 0 spiro atoms. The summed E-state index contributed by atoms with van der Waals surface area (Å²) in [6.07, 6.45) is 4.77. The predicted molar refractivity (Wildman–Crippen MR) is 114 cm³/mol. The lowest BCUT2D eigenvalue weighted by Crippen LogP contribution is -2.27. The fourth-order valence-corrected chi connectivity index (χ4v) is 4.09. The lowest BCUT2D eigenvalue weighted by molar-refractivity contribution is 0.268. The SMILES string of the molecule is O=c1nc2c3ccc(F)cc3nc(CN3CCCCCC3)n2nc1-c1ccccc1. The molecule has 152 valence electrons. The van der Waals surface area contributed by atoms with Crippen molar-refractivity contribution in [2.24, 2.45) is 0 Å². The molecule has 1 saturated heterocycles. The van der Waals surface area contributed by atoms with Gasteiger partial charge < -0.3 is 0 Å². The summed E-state index contributed by atoms with van der Waals surface area (Å²) in [6, 6.07) is 13.7. The van der Waals surface area contributed by atoms with Gasteiger partial charge in [0.25, 0.3) is 5.56 Å². The molecule has 0 unspecified atom stereocenters. The number of aromatic nitrogens is 4. The number of rotatable bonds is 3. The largest absolute Gasteiger partial charge is 0.300 e. The minimum Gasteiger partial charge on any atom is -0.296 e. The monoisotopic (exact) mass is 403 g/mol. The second-order valence-corrected chi connectivity index (χ2v) is 7.75. The van der Waals surface area contributed by atoms with E-state index >= 15 is 0 Å². The van der Waals surface area contributed by atoms with E-state index in [4.69, 9.17) is 4.98 Å². The number of likely N-dealkylation sites (tertiary alicyclic amines) is 1. The van der Waals surface area contributed by atoms with E-state index in [1.807, 2.05) is 30.3 Å². The van der Waals surface area contributed by atoms with Crippen LogP contribution in [0.15, 0.2) is 53.3 Å². The van der Waals surface area contributed by atoms with Crippen LogP contribution in [0.2, 0.25) is 0 Å². The summed E-state index contributed by atoms with van der Waals surface area (Å²) in [5.41, 5.74) is 1.49.